The first-order valence-electron chi connectivity index (χ1n) is 12.5. The summed E-state index contributed by atoms with van der Waals surface area (Å²) in [6, 6.07) is 18.3. The Morgan fingerprint density at radius 1 is 0.630 bits per heavy atom. The topological polar surface area (TPSA) is 72.8 Å². The second-order valence-electron chi connectivity index (χ2n) is 9.39. The summed E-state index contributed by atoms with van der Waals surface area (Å²) in [5.74, 6) is -0.675. The Labute approximate surface area is 256 Å². The van der Waals surface area contributed by atoms with E-state index in [1.165, 1.54) is 36.4 Å². The van der Waals surface area contributed by atoms with E-state index in [1.54, 1.807) is 30.3 Å². The molecule has 2 unspecified atom stereocenters. The third-order valence-corrected chi connectivity index (χ3v) is 9.53. The molecule has 0 heterocycles. The van der Waals surface area contributed by atoms with Gasteiger partial charge in [-0.05, 0) is 60.7 Å². The quantitative estimate of drug-likeness (QED) is 0.116. The summed E-state index contributed by atoms with van der Waals surface area (Å²) < 4.78 is 199. The molecule has 0 aliphatic rings. The minimum atomic E-state index is -6.78. The highest BCUT2D eigenvalue weighted by Crippen LogP contribution is 2.59. The Balaban J connectivity index is 1.83. The zero-order valence-corrected chi connectivity index (χ0v) is 24.3. The standard InChI is InChI=1S/C27H20F12O5S2/c28-22(24(29,30)46(40,41)42)14-15-43-17-6-10-20(11-7-17)45(19-4-2-1-3-5-19)21-12-8-18(9-13-21)44-16-23(25(31,32)33,26(34,35)36)27(37,38)39/h1-13,22H,14-16H2/p+1. The fourth-order valence-electron chi connectivity index (χ4n) is 3.84. The van der Waals surface area contributed by atoms with Crippen molar-refractivity contribution in [3.8, 4) is 11.5 Å². The van der Waals surface area contributed by atoms with Gasteiger partial charge in [-0.1, -0.05) is 18.2 Å². The molecule has 3 aromatic rings. The van der Waals surface area contributed by atoms with E-state index in [0.29, 0.717) is 14.7 Å². The number of halogens is 12. The van der Waals surface area contributed by atoms with Gasteiger partial charge in [0.1, 0.15) is 18.1 Å². The molecular weight excluding hydrogens is 696 g/mol. The molecule has 5 nitrogen and oxygen atoms in total. The fraction of sp³-hybridized carbons (Fsp3) is 0.333. The maximum absolute atomic E-state index is 13.7. The molecule has 0 fully saturated rings. The van der Waals surface area contributed by atoms with Gasteiger partial charge in [-0.15, -0.1) is 0 Å². The van der Waals surface area contributed by atoms with Crippen LogP contribution in [0.15, 0.2) is 93.5 Å². The van der Waals surface area contributed by atoms with E-state index in [-0.39, 0.29) is 5.75 Å². The van der Waals surface area contributed by atoms with Gasteiger partial charge in [0, 0.05) is 6.42 Å². The summed E-state index contributed by atoms with van der Waals surface area (Å²) >= 11 is 0. The summed E-state index contributed by atoms with van der Waals surface area (Å²) in [7, 11) is -7.04. The molecule has 254 valence electrons. The summed E-state index contributed by atoms with van der Waals surface area (Å²) in [5.41, 5.74) is -6.15. The lowest BCUT2D eigenvalue weighted by molar-refractivity contribution is -0.431. The maximum Gasteiger partial charge on any atom is 0.415 e. The average Bonchev–Trinajstić information content (AvgIpc) is 2.93. The van der Waals surface area contributed by atoms with E-state index >= 15 is 0 Å². The monoisotopic (exact) mass is 717 g/mol. The highest BCUT2D eigenvalue weighted by molar-refractivity contribution is 7.97. The molecule has 19 heteroatoms. The molecule has 3 aromatic carbocycles. The predicted molar refractivity (Wildman–Crippen MR) is 139 cm³/mol. The van der Waals surface area contributed by atoms with Gasteiger partial charge in [-0.2, -0.15) is 56.7 Å². The van der Waals surface area contributed by atoms with Crippen molar-refractivity contribution in [2.24, 2.45) is 5.41 Å². The van der Waals surface area contributed by atoms with Gasteiger partial charge in [0.05, 0.1) is 17.5 Å². The van der Waals surface area contributed by atoms with Crippen molar-refractivity contribution in [1.29, 1.82) is 0 Å². The van der Waals surface area contributed by atoms with Crippen LogP contribution in [0.3, 0.4) is 0 Å². The SMILES string of the molecule is O=S(=O)(O)C(F)(F)C(F)CCOc1ccc([S+](c2ccccc2)c2ccc(OCC(C(F)(F)F)(C(F)(F)F)C(F)(F)F)cc2)cc1. The van der Waals surface area contributed by atoms with Crippen LogP contribution in [0.25, 0.3) is 0 Å². The predicted octanol–water partition coefficient (Wildman–Crippen LogP) is 8.42. The van der Waals surface area contributed by atoms with Gasteiger partial charge in [-0.25, -0.2) is 4.39 Å². The van der Waals surface area contributed by atoms with Gasteiger partial charge < -0.3 is 9.47 Å². The van der Waals surface area contributed by atoms with E-state index in [4.69, 9.17) is 9.29 Å². The number of alkyl halides is 12. The normalized spacial score (nSPS) is 14.9. The van der Waals surface area contributed by atoms with Crippen molar-refractivity contribution in [1.82, 2.24) is 0 Å². The minimum Gasteiger partial charge on any atom is -0.493 e. The Bertz CT molecular complexity index is 1510. The van der Waals surface area contributed by atoms with Crippen LogP contribution in [0.2, 0.25) is 0 Å². The lowest BCUT2D eigenvalue weighted by atomic mass is 9.86. The average molecular weight is 718 g/mol. The van der Waals surface area contributed by atoms with Gasteiger partial charge >= 0.3 is 33.9 Å². The third-order valence-electron chi connectivity index (χ3n) is 6.35. The molecule has 0 aromatic heterocycles. The summed E-state index contributed by atoms with van der Waals surface area (Å²) in [6.07, 6.45) is -24.7. The van der Waals surface area contributed by atoms with Crippen molar-refractivity contribution in [3.63, 3.8) is 0 Å². The molecule has 0 amide bonds. The molecule has 0 saturated carbocycles. The lowest BCUT2D eigenvalue weighted by Gasteiger charge is -2.38. The summed E-state index contributed by atoms with van der Waals surface area (Å²) in [4.78, 5) is 1.56. The van der Waals surface area contributed by atoms with Crippen molar-refractivity contribution in [3.05, 3.63) is 78.9 Å². The molecule has 0 radical (unpaired) electrons. The van der Waals surface area contributed by atoms with Gasteiger partial charge in [0.15, 0.2) is 20.9 Å². The number of ether oxygens (including phenoxy) is 2. The Morgan fingerprint density at radius 2 is 1.02 bits per heavy atom. The first kappa shape index (κ1) is 37.1. The Morgan fingerprint density at radius 3 is 1.41 bits per heavy atom. The Kier molecular flexibility index (Phi) is 10.8. The van der Waals surface area contributed by atoms with Gasteiger partial charge in [0.2, 0.25) is 0 Å². The highest BCUT2D eigenvalue weighted by Gasteiger charge is 2.84. The van der Waals surface area contributed by atoms with E-state index in [1.807, 2.05) is 0 Å². The van der Waals surface area contributed by atoms with Gasteiger partial charge in [-0.3, -0.25) is 4.55 Å². The van der Waals surface area contributed by atoms with Crippen LogP contribution in [0, 0.1) is 5.41 Å². The molecule has 0 bridgehead atoms. The first-order valence-corrected chi connectivity index (χ1v) is 15.1. The molecule has 2 atom stereocenters. The highest BCUT2D eigenvalue weighted by atomic mass is 32.2. The van der Waals surface area contributed by atoms with Crippen molar-refractivity contribution < 1.29 is 75.1 Å². The third kappa shape index (κ3) is 7.79. The second kappa shape index (κ2) is 13.4. The Hall–Kier alpha value is -3.32. The van der Waals surface area contributed by atoms with Crippen LogP contribution in [-0.2, 0) is 21.0 Å². The van der Waals surface area contributed by atoms with Crippen molar-refractivity contribution in [2.45, 2.75) is 51.1 Å². The number of hydrogen-bond donors (Lipinski definition) is 1. The summed E-state index contributed by atoms with van der Waals surface area (Å²) in [5, 5.41) is -5.05. The van der Waals surface area contributed by atoms with Crippen molar-refractivity contribution >= 4 is 21.0 Å². The molecule has 0 saturated heterocycles. The number of benzene rings is 3. The molecule has 0 aliphatic carbocycles. The van der Waals surface area contributed by atoms with Crippen LogP contribution in [-0.4, -0.2) is 56.1 Å². The molecule has 0 aliphatic heterocycles. The van der Waals surface area contributed by atoms with Crippen LogP contribution in [0.1, 0.15) is 6.42 Å². The lowest BCUT2D eigenvalue weighted by Crippen LogP contribution is -2.62. The summed E-state index contributed by atoms with van der Waals surface area (Å²) in [6.45, 7) is -3.53. The van der Waals surface area contributed by atoms with Crippen LogP contribution in [0.4, 0.5) is 52.7 Å². The zero-order chi connectivity index (χ0) is 34.8. The zero-order valence-electron chi connectivity index (χ0n) is 22.6. The number of rotatable bonds is 12. The molecule has 0 spiro atoms. The van der Waals surface area contributed by atoms with E-state index in [9.17, 15) is 61.1 Å². The molecule has 46 heavy (non-hydrogen) atoms. The fourth-order valence-corrected chi connectivity index (χ4v) is 6.34. The number of hydrogen-bond acceptors (Lipinski definition) is 4. The first-order chi connectivity index (χ1) is 21.0. The van der Waals surface area contributed by atoms with Gasteiger partial charge in [0.25, 0.3) is 5.41 Å². The molecule has 3 rings (SSSR count). The van der Waals surface area contributed by atoms with E-state index in [2.05, 4.69) is 4.74 Å². The maximum atomic E-state index is 13.7. The van der Waals surface area contributed by atoms with Crippen LogP contribution >= 0.6 is 0 Å². The van der Waals surface area contributed by atoms with E-state index < -0.39 is 81.8 Å². The molecular formula is C27H21F12O5S2+. The minimum absolute atomic E-state index is 0.0361. The molecule has 1 N–H and O–H groups in total. The van der Waals surface area contributed by atoms with Crippen molar-refractivity contribution in [2.75, 3.05) is 13.2 Å². The largest absolute Gasteiger partial charge is 0.493 e. The second-order valence-corrected chi connectivity index (χ2v) is 12.9. The van der Waals surface area contributed by atoms with Crippen LogP contribution in [0.5, 0.6) is 11.5 Å². The van der Waals surface area contributed by atoms with Crippen LogP contribution < -0.4 is 9.47 Å². The van der Waals surface area contributed by atoms with E-state index in [0.717, 1.165) is 12.1 Å². The smallest absolute Gasteiger partial charge is 0.415 e.